The molecule has 1 aromatic heterocycles. The minimum atomic E-state index is -0.355. The third-order valence-electron chi connectivity index (χ3n) is 4.94. The van der Waals surface area contributed by atoms with E-state index in [0.29, 0.717) is 24.3 Å². The first-order valence-corrected chi connectivity index (χ1v) is 9.08. The van der Waals surface area contributed by atoms with Crippen molar-refractivity contribution in [3.8, 4) is 0 Å². The molecule has 1 aromatic carbocycles. The molecule has 0 bridgehead atoms. The Morgan fingerprint density at radius 3 is 2.68 bits per heavy atom. The molecule has 1 aliphatic carbocycles. The summed E-state index contributed by atoms with van der Waals surface area (Å²) in [7, 11) is 0. The smallest absolute Gasteiger partial charge is 0.355 e. The first-order valence-electron chi connectivity index (χ1n) is 9.08. The van der Waals surface area contributed by atoms with Crippen molar-refractivity contribution in [3.05, 3.63) is 58.4 Å². The highest BCUT2D eigenvalue weighted by Crippen LogP contribution is 2.35. The Morgan fingerprint density at radius 2 is 1.96 bits per heavy atom. The lowest BCUT2D eigenvalue weighted by molar-refractivity contribution is 0.0491. The Morgan fingerprint density at radius 1 is 1.20 bits per heavy atom. The van der Waals surface area contributed by atoms with E-state index in [1.54, 1.807) is 0 Å². The number of ether oxygens (including phenoxy) is 1. The zero-order chi connectivity index (χ0) is 17.8. The molecule has 0 fully saturated rings. The standard InChI is InChI=1S/C21H25NO3/c1-3-4-8-11-25-21(24)20-14(2)19-17(22-20)12-16(13-18(19)23)15-9-6-5-7-10-15/h5-7,9-10,16,22H,3-4,8,11-13H2,1-2H3/t16-/m1/s1. The quantitative estimate of drug-likeness (QED) is 0.619. The second-order valence-corrected chi connectivity index (χ2v) is 6.76. The van der Waals surface area contributed by atoms with Crippen LogP contribution < -0.4 is 0 Å². The molecule has 0 aliphatic heterocycles. The summed E-state index contributed by atoms with van der Waals surface area (Å²) in [6, 6.07) is 10.1. The molecular weight excluding hydrogens is 314 g/mol. The van der Waals surface area contributed by atoms with Crippen molar-refractivity contribution in [1.29, 1.82) is 0 Å². The van der Waals surface area contributed by atoms with E-state index in [4.69, 9.17) is 4.74 Å². The van der Waals surface area contributed by atoms with Crippen molar-refractivity contribution in [2.45, 2.75) is 51.9 Å². The monoisotopic (exact) mass is 339 g/mol. The molecule has 1 heterocycles. The van der Waals surface area contributed by atoms with E-state index in [9.17, 15) is 9.59 Å². The number of Topliss-reactive ketones (excluding diaryl/α,β-unsaturated/α-hetero) is 1. The van der Waals surface area contributed by atoms with E-state index in [1.807, 2.05) is 25.1 Å². The molecule has 1 N–H and O–H groups in total. The first kappa shape index (κ1) is 17.5. The third-order valence-corrected chi connectivity index (χ3v) is 4.94. The number of H-pyrrole nitrogens is 1. The third kappa shape index (κ3) is 3.68. The molecule has 4 heteroatoms. The average Bonchev–Trinajstić information content (AvgIpc) is 2.96. The normalized spacial score (nSPS) is 16.6. The van der Waals surface area contributed by atoms with Crippen molar-refractivity contribution in [1.82, 2.24) is 4.98 Å². The lowest BCUT2D eigenvalue weighted by atomic mass is 9.81. The summed E-state index contributed by atoms with van der Waals surface area (Å²) in [6.07, 6.45) is 4.24. The number of esters is 1. The SMILES string of the molecule is CCCCCOC(=O)c1[nH]c2c(c1C)C(=O)C[C@H](c1ccccc1)C2. The summed E-state index contributed by atoms with van der Waals surface area (Å²) < 4.78 is 5.35. The molecule has 132 valence electrons. The maximum Gasteiger partial charge on any atom is 0.355 e. The highest BCUT2D eigenvalue weighted by molar-refractivity contribution is 6.03. The number of hydrogen-bond acceptors (Lipinski definition) is 3. The van der Waals surface area contributed by atoms with Crippen LogP contribution in [0.1, 0.15) is 76.2 Å². The fourth-order valence-corrected chi connectivity index (χ4v) is 3.59. The Hall–Kier alpha value is -2.36. The van der Waals surface area contributed by atoms with Crippen LogP contribution >= 0.6 is 0 Å². The molecule has 25 heavy (non-hydrogen) atoms. The van der Waals surface area contributed by atoms with E-state index in [2.05, 4.69) is 24.0 Å². The molecule has 4 nitrogen and oxygen atoms in total. The maximum atomic E-state index is 12.7. The van der Waals surface area contributed by atoms with Gasteiger partial charge in [0.2, 0.25) is 0 Å². The van der Waals surface area contributed by atoms with Gasteiger partial charge in [-0.25, -0.2) is 4.79 Å². The zero-order valence-corrected chi connectivity index (χ0v) is 14.9. The van der Waals surface area contributed by atoms with Gasteiger partial charge in [-0.15, -0.1) is 0 Å². The number of rotatable bonds is 6. The summed E-state index contributed by atoms with van der Waals surface area (Å²) in [4.78, 5) is 28.2. The minimum Gasteiger partial charge on any atom is -0.461 e. The number of unbranched alkanes of at least 4 members (excludes halogenated alkanes) is 2. The summed E-state index contributed by atoms with van der Waals surface area (Å²) in [5.41, 5.74) is 3.88. The fourth-order valence-electron chi connectivity index (χ4n) is 3.59. The molecule has 0 unspecified atom stereocenters. The molecule has 2 aromatic rings. The number of fused-ring (bicyclic) bond motifs is 1. The van der Waals surface area contributed by atoms with E-state index in [0.717, 1.165) is 42.5 Å². The molecule has 3 rings (SSSR count). The van der Waals surface area contributed by atoms with E-state index >= 15 is 0 Å². The van der Waals surface area contributed by atoms with Crippen LogP contribution in [-0.2, 0) is 11.2 Å². The highest BCUT2D eigenvalue weighted by atomic mass is 16.5. The van der Waals surface area contributed by atoms with Crippen LogP contribution in [0.15, 0.2) is 30.3 Å². The molecule has 0 radical (unpaired) electrons. The van der Waals surface area contributed by atoms with Gasteiger partial charge in [-0.3, -0.25) is 4.79 Å². The van der Waals surface area contributed by atoms with Crippen molar-refractivity contribution < 1.29 is 14.3 Å². The van der Waals surface area contributed by atoms with Gasteiger partial charge in [0, 0.05) is 17.7 Å². The maximum absolute atomic E-state index is 12.7. The molecular formula is C21H25NO3. The molecule has 1 aliphatic rings. The van der Waals surface area contributed by atoms with Crippen LogP contribution in [0.25, 0.3) is 0 Å². The predicted octanol–water partition coefficient (Wildman–Crippen LogP) is 4.58. The van der Waals surface area contributed by atoms with E-state index in [1.165, 1.54) is 0 Å². The number of aromatic amines is 1. The van der Waals surface area contributed by atoms with Crippen LogP contribution in [0.2, 0.25) is 0 Å². The molecule has 0 spiro atoms. The van der Waals surface area contributed by atoms with Crippen molar-refractivity contribution >= 4 is 11.8 Å². The van der Waals surface area contributed by atoms with Crippen molar-refractivity contribution in [2.24, 2.45) is 0 Å². The van der Waals surface area contributed by atoms with Gasteiger partial charge in [-0.1, -0.05) is 50.1 Å². The Labute approximate surface area is 148 Å². The second kappa shape index (κ2) is 7.68. The summed E-state index contributed by atoms with van der Waals surface area (Å²) in [6.45, 7) is 4.37. The number of hydrogen-bond donors (Lipinski definition) is 1. The first-order chi connectivity index (χ1) is 12.1. The second-order valence-electron chi connectivity index (χ2n) is 6.76. The Kier molecular flexibility index (Phi) is 5.37. The van der Waals surface area contributed by atoms with Gasteiger partial charge in [0.1, 0.15) is 5.69 Å². The molecule has 0 saturated carbocycles. The van der Waals surface area contributed by atoms with Crippen LogP contribution in [0.4, 0.5) is 0 Å². The highest BCUT2D eigenvalue weighted by Gasteiger charge is 2.32. The Balaban J connectivity index is 1.78. The summed E-state index contributed by atoms with van der Waals surface area (Å²) in [5.74, 6) is -0.0892. The van der Waals surface area contributed by atoms with Crippen LogP contribution in [0.5, 0.6) is 0 Å². The number of carbonyl (C=O) groups is 2. The van der Waals surface area contributed by atoms with Gasteiger partial charge < -0.3 is 9.72 Å². The van der Waals surface area contributed by atoms with Gasteiger partial charge in [0.05, 0.1) is 6.61 Å². The fraction of sp³-hybridized carbons (Fsp3) is 0.429. The van der Waals surface area contributed by atoms with Crippen LogP contribution in [-0.4, -0.2) is 23.3 Å². The number of aromatic nitrogens is 1. The van der Waals surface area contributed by atoms with Crippen molar-refractivity contribution in [2.75, 3.05) is 6.61 Å². The van der Waals surface area contributed by atoms with Gasteiger partial charge in [-0.05, 0) is 36.8 Å². The number of nitrogens with one attached hydrogen (secondary N) is 1. The summed E-state index contributed by atoms with van der Waals surface area (Å²) >= 11 is 0. The van der Waals surface area contributed by atoms with Gasteiger partial charge in [0.15, 0.2) is 5.78 Å². The molecule has 1 atom stereocenters. The molecule has 0 saturated heterocycles. The topological polar surface area (TPSA) is 59.2 Å². The van der Waals surface area contributed by atoms with Crippen LogP contribution in [0.3, 0.4) is 0 Å². The van der Waals surface area contributed by atoms with Gasteiger partial charge >= 0.3 is 5.97 Å². The largest absolute Gasteiger partial charge is 0.461 e. The number of benzene rings is 1. The lowest BCUT2D eigenvalue weighted by Gasteiger charge is -2.22. The van der Waals surface area contributed by atoms with Crippen LogP contribution in [0, 0.1) is 6.92 Å². The van der Waals surface area contributed by atoms with Crippen molar-refractivity contribution in [3.63, 3.8) is 0 Å². The summed E-state index contributed by atoms with van der Waals surface area (Å²) in [5, 5.41) is 0. The number of ketones is 1. The average molecular weight is 339 g/mol. The van der Waals surface area contributed by atoms with E-state index < -0.39 is 0 Å². The zero-order valence-electron chi connectivity index (χ0n) is 14.9. The molecule has 0 amide bonds. The van der Waals surface area contributed by atoms with Gasteiger partial charge in [-0.2, -0.15) is 0 Å². The minimum absolute atomic E-state index is 0.105. The van der Waals surface area contributed by atoms with Gasteiger partial charge in [0.25, 0.3) is 0 Å². The Bertz CT molecular complexity index is 761. The van der Waals surface area contributed by atoms with E-state index in [-0.39, 0.29) is 17.7 Å². The number of carbonyl (C=O) groups excluding carboxylic acids is 2. The lowest BCUT2D eigenvalue weighted by Crippen LogP contribution is -2.18. The predicted molar refractivity (Wildman–Crippen MR) is 97.2 cm³/mol.